The summed E-state index contributed by atoms with van der Waals surface area (Å²) in [6.45, 7) is 0. The van der Waals surface area contributed by atoms with Crippen LogP contribution in [0.25, 0.3) is 0 Å². The molecule has 0 spiro atoms. The predicted molar refractivity (Wildman–Crippen MR) is 80.9 cm³/mol. The summed E-state index contributed by atoms with van der Waals surface area (Å²) in [5.74, 6) is -0.370. The molecule has 0 bridgehead atoms. The molecule has 0 aliphatic rings. The Kier molecular flexibility index (Phi) is 5.09. The third-order valence-electron chi connectivity index (χ3n) is 3.02. The maximum atomic E-state index is 13.6. The van der Waals surface area contributed by atoms with Crippen LogP contribution < -0.4 is 0 Å². The third-order valence-corrected chi connectivity index (χ3v) is 4.56. The molecule has 0 radical (unpaired) electrons. The predicted octanol–water partition coefficient (Wildman–Crippen LogP) is 6.29. The van der Waals surface area contributed by atoms with Gasteiger partial charge in [-0.1, -0.05) is 50.1 Å². The molecule has 0 aliphatic carbocycles. The molecule has 2 rings (SSSR count). The van der Waals surface area contributed by atoms with E-state index in [0.29, 0.717) is 15.6 Å². The van der Waals surface area contributed by atoms with Gasteiger partial charge in [0, 0.05) is 9.30 Å². The van der Waals surface area contributed by atoms with E-state index >= 15 is 0 Å². The van der Waals surface area contributed by atoms with Crippen LogP contribution in [0.1, 0.15) is 21.5 Å². The van der Waals surface area contributed by atoms with Crippen LogP contribution >= 0.6 is 31.9 Å². The molecule has 6 heteroatoms. The molecule has 1 atom stereocenters. The Labute approximate surface area is 136 Å². The van der Waals surface area contributed by atoms with E-state index in [0.717, 1.165) is 12.1 Å². The summed E-state index contributed by atoms with van der Waals surface area (Å²) in [7, 11) is 0. The Balaban J connectivity index is 2.31. The van der Waals surface area contributed by atoms with Crippen molar-refractivity contribution in [2.24, 2.45) is 0 Å². The first-order valence-electron chi connectivity index (χ1n) is 6.03. The number of halogens is 6. The van der Waals surface area contributed by atoms with Crippen LogP contribution in [-0.4, -0.2) is 0 Å². The zero-order valence-corrected chi connectivity index (χ0v) is 13.8. The molecule has 0 aliphatic heterocycles. The number of hydrogen-bond acceptors (Lipinski definition) is 0. The first-order valence-corrected chi connectivity index (χ1v) is 7.74. The molecule has 2 aromatic rings. The SMILES string of the molecule is Fc1ccccc1CC(Br)c1cc(C(F)(F)F)ccc1Br. The normalized spacial score (nSPS) is 13.2. The lowest BCUT2D eigenvalue weighted by Crippen LogP contribution is -2.07. The van der Waals surface area contributed by atoms with E-state index in [9.17, 15) is 17.6 Å². The highest BCUT2D eigenvalue weighted by Gasteiger charge is 2.31. The summed E-state index contributed by atoms with van der Waals surface area (Å²) in [5, 5.41) is 0. The van der Waals surface area contributed by atoms with E-state index in [1.807, 2.05) is 0 Å². The fourth-order valence-corrected chi connectivity index (χ4v) is 3.48. The minimum atomic E-state index is -4.40. The minimum Gasteiger partial charge on any atom is -0.207 e. The molecule has 0 aromatic heterocycles. The molecule has 0 fully saturated rings. The zero-order chi connectivity index (χ0) is 15.6. The van der Waals surface area contributed by atoms with Gasteiger partial charge in [0.05, 0.1) is 5.56 Å². The topological polar surface area (TPSA) is 0 Å². The van der Waals surface area contributed by atoms with E-state index in [-0.39, 0.29) is 12.2 Å². The summed E-state index contributed by atoms with van der Waals surface area (Å²) in [6.07, 6.45) is -4.15. The Hall–Kier alpha value is -0.880. The van der Waals surface area contributed by atoms with Crippen molar-refractivity contribution in [1.29, 1.82) is 0 Å². The first-order chi connectivity index (χ1) is 9.79. The van der Waals surface area contributed by atoms with E-state index in [2.05, 4.69) is 31.9 Å². The van der Waals surface area contributed by atoms with Crippen molar-refractivity contribution in [2.45, 2.75) is 17.4 Å². The second-order valence-electron chi connectivity index (χ2n) is 4.50. The molecule has 0 N–H and O–H groups in total. The lowest BCUT2D eigenvalue weighted by molar-refractivity contribution is -0.137. The molecule has 2 aromatic carbocycles. The van der Waals surface area contributed by atoms with Gasteiger partial charge in [0.2, 0.25) is 0 Å². The van der Waals surface area contributed by atoms with Crippen LogP contribution in [0.2, 0.25) is 0 Å². The van der Waals surface area contributed by atoms with E-state index in [1.54, 1.807) is 18.2 Å². The van der Waals surface area contributed by atoms with Crippen LogP contribution in [0, 0.1) is 5.82 Å². The number of alkyl halides is 4. The summed E-state index contributed by atoms with van der Waals surface area (Å²) in [6, 6.07) is 9.65. The Morgan fingerprint density at radius 1 is 1.05 bits per heavy atom. The van der Waals surface area contributed by atoms with Crippen LogP contribution in [0.3, 0.4) is 0 Å². The molecular weight excluding hydrogens is 416 g/mol. The lowest BCUT2D eigenvalue weighted by atomic mass is 10.0. The monoisotopic (exact) mass is 424 g/mol. The maximum absolute atomic E-state index is 13.6. The highest BCUT2D eigenvalue weighted by molar-refractivity contribution is 9.11. The van der Waals surface area contributed by atoms with Crippen LogP contribution in [0.4, 0.5) is 17.6 Å². The highest BCUT2D eigenvalue weighted by atomic mass is 79.9. The van der Waals surface area contributed by atoms with Crippen molar-refractivity contribution < 1.29 is 17.6 Å². The molecule has 0 heterocycles. The summed E-state index contributed by atoms with van der Waals surface area (Å²) < 4.78 is 52.5. The van der Waals surface area contributed by atoms with Crippen molar-refractivity contribution >= 4 is 31.9 Å². The van der Waals surface area contributed by atoms with Crippen molar-refractivity contribution in [3.05, 3.63) is 69.4 Å². The summed E-state index contributed by atoms with van der Waals surface area (Å²) >= 11 is 6.58. The van der Waals surface area contributed by atoms with Gasteiger partial charge in [0.15, 0.2) is 0 Å². The fourth-order valence-electron chi connectivity index (χ4n) is 1.93. The second kappa shape index (κ2) is 6.48. The second-order valence-corrected chi connectivity index (χ2v) is 6.46. The van der Waals surface area contributed by atoms with Gasteiger partial charge in [-0.2, -0.15) is 13.2 Å². The van der Waals surface area contributed by atoms with Gasteiger partial charge in [-0.05, 0) is 41.8 Å². The smallest absolute Gasteiger partial charge is 0.207 e. The molecule has 0 saturated carbocycles. The Bertz CT molecular complexity index is 638. The van der Waals surface area contributed by atoms with E-state index < -0.39 is 16.6 Å². The Morgan fingerprint density at radius 3 is 2.33 bits per heavy atom. The molecule has 0 saturated heterocycles. The lowest BCUT2D eigenvalue weighted by Gasteiger charge is -2.15. The minimum absolute atomic E-state index is 0.257. The Morgan fingerprint density at radius 2 is 1.71 bits per heavy atom. The van der Waals surface area contributed by atoms with Crippen LogP contribution in [0.15, 0.2) is 46.9 Å². The van der Waals surface area contributed by atoms with Gasteiger partial charge < -0.3 is 0 Å². The average molecular weight is 426 g/mol. The number of rotatable bonds is 3. The number of hydrogen-bond donors (Lipinski definition) is 0. The van der Waals surface area contributed by atoms with E-state index in [4.69, 9.17) is 0 Å². The largest absolute Gasteiger partial charge is 0.416 e. The van der Waals surface area contributed by atoms with Gasteiger partial charge in [-0.25, -0.2) is 4.39 Å². The van der Waals surface area contributed by atoms with Gasteiger partial charge >= 0.3 is 6.18 Å². The van der Waals surface area contributed by atoms with Crippen molar-refractivity contribution in [3.63, 3.8) is 0 Å². The van der Waals surface area contributed by atoms with Gasteiger partial charge in [0.1, 0.15) is 5.82 Å². The highest BCUT2D eigenvalue weighted by Crippen LogP contribution is 2.37. The molecular formula is C15H10Br2F4. The summed E-state index contributed by atoms with van der Waals surface area (Å²) in [5.41, 5.74) is 0.162. The molecule has 1 unspecified atom stereocenters. The molecule has 0 amide bonds. The van der Waals surface area contributed by atoms with Gasteiger partial charge in [-0.15, -0.1) is 0 Å². The van der Waals surface area contributed by atoms with Gasteiger partial charge in [-0.3, -0.25) is 0 Å². The quantitative estimate of drug-likeness (QED) is 0.400. The van der Waals surface area contributed by atoms with Crippen LogP contribution in [0.5, 0.6) is 0 Å². The standard InChI is InChI=1S/C15H10Br2F4/c16-12-6-5-10(15(19,20)21)8-11(12)13(17)7-9-3-1-2-4-14(9)18/h1-6,8,13H,7H2. The first kappa shape index (κ1) is 16.5. The molecule has 0 nitrogen and oxygen atoms in total. The summed E-state index contributed by atoms with van der Waals surface area (Å²) in [4.78, 5) is -0.425. The zero-order valence-electron chi connectivity index (χ0n) is 10.6. The molecule has 112 valence electrons. The van der Waals surface area contributed by atoms with Crippen molar-refractivity contribution in [1.82, 2.24) is 0 Å². The van der Waals surface area contributed by atoms with Crippen molar-refractivity contribution in [3.8, 4) is 0 Å². The molecule has 21 heavy (non-hydrogen) atoms. The van der Waals surface area contributed by atoms with Gasteiger partial charge in [0.25, 0.3) is 0 Å². The number of benzene rings is 2. The van der Waals surface area contributed by atoms with Crippen molar-refractivity contribution in [2.75, 3.05) is 0 Å². The third kappa shape index (κ3) is 4.07. The van der Waals surface area contributed by atoms with Crippen LogP contribution in [-0.2, 0) is 12.6 Å². The average Bonchev–Trinajstić information content (AvgIpc) is 2.40. The fraction of sp³-hybridized carbons (Fsp3) is 0.200. The maximum Gasteiger partial charge on any atom is 0.416 e. The van der Waals surface area contributed by atoms with E-state index in [1.165, 1.54) is 12.1 Å².